The molecule has 4 heteroatoms. The Labute approximate surface area is 184 Å². The molecule has 4 nitrogen and oxygen atoms in total. The molecule has 4 rings (SSSR count). The molecule has 1 atom stereocenters. The van der Waals surface area contributed by atoms with E-state index in [4.69, 9.17) is 4.74 Å². The maximum atomic E-state index is 11.7. The second-order valence-electron chi connectivity index (χ2n) is 9.42. The van der Waals surface area contributed by atoms with E-state index < -0.39 is 16.8 Å². The summed E-state index contributed by atoms with van der Waals surface area (Å²) in [7, 11) is 1.70. The van der Waals surface area contributed by atoms with Crippen LogP contribution in [-0.4, -0.2) is 17.3 Å². The van der Waals surface area contributed by atoms with Crippen LogP contribution >= 0.6 is 0 Å². The summed E-state index contributed by atoms with van der Waals surface area (Å²) in [6.45, 7) is 9.48. The van der Waals surface area contributed by atoms with Crippen molar-refractivity contribution in [2.45, 2.75) is 51.4 Å². The lowest BCUT2D eigenvalue weighted by molar-refractivity contribution is 0.0192. The number of anilines is 3. The van der Waals surface area contributed by atoms with Crippen LogP contribution in [0.4, 0.5) is 17.1 Å². The fraction of sp³-hybridized carbons (Fsp3) is 0.333. The van der Waals surface area contributed by atoms with Gasteiger partial charge >= 0.3 is 0 Å². The Balaban J connectivity index is 2.15. The van der Waals surface area contributed by atoms with Gasteiger partial charge in [0.25, 0.3) is 0 Å². The van der Waals surface area contributed by atoms with E-state index in [1.165, 1.54) is 0 Å². The predicted molar refractivity (Wildman–Crippen MR) is 125 cm³/mol. The first-order chi connectivity index (χ1) is 14.5. The quantitative estimate of drug-likeness (QED) is 0.560. The second-order valence-corrected chi connectivity index (χ2v) is 9.42. The summed E-state index contributed by atoms with van der Waals surface area (Å²) in [5.41, 5.74) is 3.23. The smallest absolute Gasteiger partial charge is 0.116 e. The van der Waals surface area contributed by atoms with Crippen LogP contribution in [0.25, 0.3) is 0 Å². The zero-order valence-corrected chi connectivity index (χ0v) is 19.1. The Kier molecular flexibility index (Phi) is 5.01. The summed E-state index contributed by atoms with van der Waals surface area (Å²) in [4.78, 5) is 2.16. The molecule has 31 heavy (non-hydrogen) atoms. The van der Waals surface area contributed by atoms with Gasteiger partial charge in [-0.05, 0) is 46.8 Å². The molecule has 0 bridgehead atoms. The highest BCUT2D eigenvalue weighted by Crippen LogP contribution is 2.54. The van der Waals surface area contributed by atoms with Crippen LogP contribution in [0.5, 0.6) is 0 Å². The molecule has 0 aliphatic carbocycles. The number of hydrogen-bond acceptors (Lipinski definition) is 4. The SMILES string of the molecule is COC(C)(C)c1cccc2c1N(c1ccccc1C(C)(C)O)c1ccccc1C2(C)O. The highest BCUT2D eigenvalue weighted by atomic mass is 16.5. The van der Waals surface area contributed by atoms with E-state index in [2.05, 4.69) is 4.90 Å². The number of fused-ring (bicyclic) bond motifs is 2. The van der Waals surface area contributed by atoms with Gasteiger partial charge in [0, 0.05) is 29.4 Å². The fourth-order valence-electron chi connectivity index (χ4n) is 4.56. The lowest BCUT2D eigenvalue weighted by atomic mass is 9.78. The number of para-hydroxylation sites is 3. The van der Waals surface area contributed by atoms with E-state index in [0.717, 1.165) is 39.3 Å². The lowest BCUT2D eigenvalue weighted by Crippen LogP contribution is -2.36. The molecule has 2 N–H and O–H groups in total. The summed E-state index contributed by atoms with van der Waals surface area (Å²) >= 11 is 0. The van der Waals surface area contributed by atoms with Crippen LogP contribution in [0.15, 0.2) is 66.7 Å². The second kappa shape index (κ2) is 7.20. The number of methoxy groups -OCH3 is 1. The minimum Gasteiger partial charge on any atom is -0.386 e. The largest absolute Gasteiger partial charge is 0.386 e. The molecule has 0 spiro atoms. The maximum Gasteiger partial charge on any atom is 0.116 e. The molecule has 0 saturated carbocycles. The van der Waals surface area contributed by atoms with Crippen molar-refractivity contribution in [2.24, 2.45) is 0 Å². The van der Waals surface area contributed by atoms with Gasteiger partial charge in [-0.1, -0.05) is 54.6 Å². The minimum atomic E-state index is -1.17. The first-order valence-corrected chi connectivity index (χ1v) is 10.6. The Bertz CT molecular complexity index is 1130. The van der Waals surface area contributed by atoms with Gasteiger partial charge in [-0.2, -0.15) is 0 Å². The van der Waals surface area contributed by atoms with E-state index in [1.54, 1.807) is 21.0 Å². The van der Waals surface area contributed by atoms with Crippen LogP contribution in [-0.2, 0) is 21.5 Å². The van der Waals surface area contributed by atoms with Crippen molar-refractivity contribution in [3.8, 4) is 0 Å². The summed E-state index contributed by atoms with van der Waals surface area (Å²) in [5.74, 6) is 0. The summed E-state index contributed by atoms with van der Waals surface area (Å²) < 4.78 is 5.87. The van der Waals surface area contributed by atoms with Gasteiger partial charge < -0.3 is 19.8 Å². The van der Waals surface area contributed by atoms with E-state index in [9.17, 15) is 10.2 Å². The normalized spacial score (nSPS) is 18.5. The minimum absolute atomic E-state index is 0.588. The Morgan fingerprint density at radius 3 is 1.97 bits per heavy atom. The van der Waals surface area contributed by atoms with Gasteiger partial charge in [0.05, 0.1) is 28.3 Å². The molecule has 1 unspecified atom stereocenters. The molecule has 1 aliphatic rings. The van der Waals surface area contributed by atoms with Gasteiger partial charge in [-0.3, -0.25) is 0 Å². The molecule has 3 aromatic rings. The van der Waals surface area contributed by atoms with E-state index in [0.29, 0.717) is 0 Å². The molecule has 0 fully saturated rings. The van der Waals surface area contributed by atoms with Crippen molar-refractivity contribution >= 4 is 17.1 Å². The Hall–Kier alpha value is -2.66. The van der Waals surface area contributed by atoms with Crippen molar-refractivity contribution in [3.63, 3.8) is 0 Å². The summed E-state index contributed by atoms with van der Waals surface area (Å²) in [5, 5.41) is 22.7. The van der Waals surface area contributed by atoms with Gasteiger partial charge in [0.15, 0.2) is 0 Å². The van der Waals surface area contributed by atoms with Crippen LogP contribution in [0, 0.1) is 0 Å². The van der Waals surface area contributed by atoms with Crippen LogP contribution in [0.3, 0.4) is 0 Å². The third-order valence-electron chi connectivity index (χ3n) is 6.42. The van der Waals surface area contributed by atoms with Crippen molar-refractivity contribution in [1.82, 2.24) is 0 Å². The first kappa shape index (κ1) is 21.6. The van der Waals surface area contributed by atoms with Gasteiger partial charge in [-0.25, -0.2) is 0 Å². The molecule has 1 aliphatic heterocycles. The monoisotopic (exact) mass is 417 g/mol. The molecular formula is C27H31NO3. The van der Waals surface area contributed by atoms with Crippen molar-refractivity contribution in [3.05, 3.63) is 89.0 Å². The molecule has 162 valence electrons. The average molecular weight is 418 g/mol. The number of benzene rings is 3. The Morgan fingerprint density at radius 2 is 1.32 bits per heavy atom. The van der Waals surface area contributed by atoms with E-state index in [-0.39, 0.29) is 0 Å². The number of hydrogen-bond donors (Lipinski definition) is 2. The van der Waals surface area contributed by atoms with Crippen molar-refractivity contribution in [2.75, 3.05) is 12.0 Å². The molecule has 0 amide bonds. The molecule has 1 heterocycles. The lowest BCUT2D eigenvalue weighted by Gasteiger charge is -2.44. The molecule has 0 aromatic heterocycles. The zero-order valence-electron chi connectivity index (χ0n) is 19.1. The number of rotatable bonds is 4. The third-order valence-corrected chi connectivity index (χ3v) is 6.42. The van der Waals surface area contributed by atoms with Crippen LogP contribution < -0.4 is 4.90 Å². The van der Waals surface area contributed by atoms with Crippen LogP contribution in [0.2, 0.25) is 0 Å². The third kappa shape index (κ3) is 3.35. The first-order valence-electron chi connectivity index (χ1n) is 10.6. The standard InChI is InChI=1S/C27H31NO3/c1-25(2,29)18-12-7-9-16-22(18)28-23-17-10-8-13-19(23)27(5,30)21-15-11-14-20(24(21)28)26(3,4)31-6/h7-17,29-30H,1-6H3. The van der Waals surface area contributed by atoms with E-state index in [1.807, 2.05) is 87.5 Å². The van der Waals surface area contributed by atoms with Gasteiger partial charge in [-0.15, -0.1) is 0 Å². The molecular weight excluding hydrogens is 386 g/mol. The zero-order chi connectivity index (χ0) is 22.6. The number of aliphatic hydroxyl groups is 2. The summed E-state index contributed by atoms with van der Waals surface area (Å²) in [6.07, 6.45) is 0. The van der Waals surface area contributed by atoms with Crippen LogP contribution in [0.1, 0.15) is 56.9 Å². The van der Waals surface area contributed by atoms with Gasteiger partial charge in [0.1, 0.15) is 5.60 Å². The molecule has 0 saturated heterocycles. The Morgan fingerprint density at radius 1 is 0.774 bits per heavy atom. The topological polar surface area (TPSA) is 52.9 Å². The number of nitrogens with zero attached hydrogens (tertiary/aromatic N) is 1. The molecule has 0 radical (unpaired) electrons. The molecule has 3 aromatic carbocycles. The van der Waals surface area contributed by atoms with Crippen molar-refractivity contribution in [1.29, 1.82) is 0 Å². The van der Waals surface area contributed by atoms with Gasteiger partial charge in [0.2, 0.25) is 0 Å². The average Bonchev–Trinajstić information content (AvgIpc) is 2.73. The summed E-state index contributed by atoms with van der Waals surface area (Å²) in [6, 6.07) is 21.8. The predicted octanol–water partition coefficient (Wildman–Crippen LogP) is 5.83. The highest BCUT2D eigenvalue weighted by molar-refractivity contribution is 5.88. The van der Waals surface area contributed by atoms with Crippen molar-refractivity contribution < 1.29 is 14.9 Å². The maximum absolute atomic E-state index is 11.7. The fourth-order valence-corrected chi connectivity index (χ4v) is 4.56. The highest BCUT2D eigenvalue weighted by Gasteiger charge is 2.42. The number of ether oxygens (including phenoxy) is 1. The van der Waals surface area contributed by atoms with E-state index >= 15 is 0 Å².